The van der Waals surface area contributed by atoms with E-state index in [4.69, 9.17) is 16.3 Å². The van der Waals surface area contributed by atoms with Crippen LogP contribution >= 0.6 is 11.6 Å². The third-order valence-electron chi connectivity index (χ3n) is 3.84. The van der Waals surface area contributed by atoms with Crippen LogP contribution in [0.1, 0.15) is 21.5 Å². The zero-order chi connectivity index (χ0) is 15.9. The number of rotatable bonds is 3. The van der Waals surface area contributed by atoms with Crippen LogP contribution in [0, 0.1) is 13.8 Å². The standard InChI is InChI=1S/C18H16ClNO2/c1-10-6-11(2)17-13(9-21)18(20-15(17)7-10)12-4-5-16(22-3)14(19)8-12/h4-9,20H,1-3H3. The van der Waals surface area contributed by atoms with Gasteiger partial charge < -0.3 is 9.72 Å². The van der Waals surface area contributed by atoms with Crippen LogP contribution in [0.4, 0.5) is 0 Å². The number of carbonyl (C=O) groups excluding carboxylic acids is 1. The van der Waals surface area contributed by atoms with Gasteiger partial charge in [0.15, 0.2) is 6.29 Å². The van der Waals surface area contributed by atoms with E-state index in [-0.39, 0.29) is 0 Å². The zero-order valence-electron chi connectivity index (χ0n) is 12.7. The number of aldehydes is 1. The zero-order valence-corrected chi connectivity index (χ0v) is 13.4. The molecular weight excluding hydrogens is 298 g/mol. The monoisotopic (exact) mass is 313 g/mol. The highest BCUT2D eigenvalue weighted by Crippen LogP contribution is 2.35. The van der Waals surface area contributed by atoms with Crippen LogP contribution in [-0.4, -0.2) is 18.4 Å². The van der Waals surface area contributed by atoms with Gasteiger partial charge in [-0.25, -0.2) is 0 Å². The van der Waals surface area contributed by atoms with E-state index in [1.54, 1.807) is 19.2 Å². The fourth-order valence-corrected chi connectivity index (χ4v) is 3.18. The van der Waals surface area contributed by atoms with Crippen molar-refractivity contribution in [3.63, 3.8) is 0 Å². The number of carbonyl (C=O) groups is 1. The summed E-state index contributed by atoms with van der Waals surface area (Å²) < 4.78 is 5.17. The average molecular weight is 314 g/mol. The molecule has 0 aliphatic carbocycles. The van der Waals surface area contributed by atoms with E-state index in [0.717, 1.165) is 39.6 Å². The predicted molar refractivity (Wildman–Crippen MR) is 90.2 cm³/mol. The molecule has 0 radical (unpaired) electrons. The Balaban J connectivity index is 2.29. The highest BCUT2D eigenvalue weighted by molar-refractivity contribution is 6.32. The van der Waals surface area contributed by atoms with Crippen LogP contribution in [0.25, 0.3) is 22.2 Å². The average Bonchev–Trinajstić information content (AvgIpc) is 2.85. The molecule has 22 heavy (non-hydrogen) atoms. The minimum atomic E-state index is 0.517. The number of hydrogen-bond donors (Lipinski definition) is 1. The molecule has 0 unspecified atom stereocenters. The van der Waals surface area contributed by atoms with Crippen LogP contribution < -0.4 is 4.74 Å². The van der Waals surface area contributed by atoms with E-state index >= 15 is 0 Å². The van der Waals surface area contributed by atoms with Gasteiger partial charge in [0.05, 0.1) is 17.8 Å². The molecule has 0 aliphatic rings. The Morgan fingerprint density at radius 2 is 1.95 bits per heavy atom. The second-order valence-corrected chi connectivity index (χ2v) is 5.79. The van der Waals surface area contributed by atoms with Crippen LogP contribution in [0.5, 0.6) is 5.75 Å². The molecule has 0 spiro atoms. The minimum absolute atomic E-state index is 0.517. The molecule has 2 aromatic carbocycles. The van der Waals surface area contributed by atoms with E-state index in [1.807, 2.05) is 26.0 Å². The van der Waals surface area contributed by atoms with Crippen molar-refractivity contribution in [3.05, 3.63) is 52.0 Å². The van der Waals surface area contributed by atoms with Crippen LogP contribution in [0.3, 0.4) is 0 Å². The molecule has 0 saturated heterocycles. The number of benzene rings is 2. The first-order valence-electron chi connectivity index (χ1n) is 6.97. The second kappa shape index (κ2) is 5.50. The maximum Gasteiger partial charge on any atom is 0.152 e. The summed E-state index contributed by atoms with van der Waals surface area (Å²) in [4.78, 5) is 15.0. The fraction of sp³-hybridized carbons (Fsp3) is 0.167. The van der Waals surface area contributed by atoms with Crippen molar-refractivity contribution in [2.24, 2.45) is 0 Å². The Hall–Kier alpha value is -2.26. The highest BCUT2D eigenvalue weighted by Gasteiger charge is 2.15. The third-order valence-corrected chi connectivity index (χ3v) is 4.13. The minimum Gasteiger partial charge on any atom is -0.495 e. The first-order valence-corrected chi connectivity index (χ1v) is 7.35. The van der Waals surface area contributed by atoms with Crippen LogP contribution in [0.15, 0.2) is 30.3 Å². The van der Waals surface area contributed by atoms with Crippen molar-refractivity contribution in [2.45, 2.75) is 13.8 Å². The number of aryl methyl sites for hydroxylation is 2. The topological polar surface area (TPSA) is 42.1 Å². The van der Waals surface area contributed by atoms with Crippen molar-refractivity contribution in [2.75, 3.05) is 7.11 Å². The van der Waals surface area contributed by atoms with Gasteiger partial charge >= 0.3 is 0 Å². The van der Waals surface area contributed by atoms with Gasteiger partial charge in [0.25, 0.3) is 0 Å². The van der Waals surface area contributed by atoms with Gasteiger partial charge in [-0.15, -0.1) is 0 Å². The molecule has 0 atom stereocenters. The van der Waals surface area contributed by atoms with Crippen LogP contribution in [0.2, 0.25) is 5.02 Å². The van der Waals surface area contributed by atoms with Crippen molar-refractivity contribution in [3.8, 4) is 17.0 Å². The molecule has 0 saturated carbocycles. The lowest BCUT2D eigenvalue weighted by molar-refractivity contribution is 0.112. The lowest BCUT2D eigenvalue weighted by atomic mass is 10.0. The van der Waals surface area contributed by atoms with Gasteiger partial charge in [-0.05, 0) is 49.2 Å². The second-order valence-electron chi connectivity index (χ2n) is 5.39. The first-order chi connectivity index (χ1) is 10.5. The molecule has 3 rings (SSSR count). The van der Waals surface area contributed by atoms with Gasteiger partial charge in [-0.3, -0.25) is 4.79 Å². The van der Waals surface area contributed by atoms with E-state index in [0.29, 0.717) is 16.3 Å². The molecule has 1 N–H and O–H groups in total. The molecule has 0 fully saturated rings. The summed E-state index contributed by atoms with van der Waals surface area (Å²) in [6.07, 6.45) is 0.897. The summed E-state index contributed by atoms with van der Waals surface area (Å²) in [6, 6.07) is 9.62. The molecule has 4 heteroatoms. The van der Waals surface area contributed by atoms with Crippen LogP contribution in [-0.2, 0) is 0 Å². The fourth-order valence-electron chi connectivity index (χ4n) is 2.92. The number of hydrogen-bond acceptors (Lipinski definition) is 2. The van der Waals surface area contributed by atoms with Crippen molar-refractivity contribution in [1.29, 1.82) is 0 Å². The number of methoxy groups -OCH3 is 1. The van der Waals surface area contributed by atoms with Crippen molar-refractivity contribution >= 4 is 28.8 Å². The molecule has 1 heterocycles. The summed E-state index contributed by atoms with van der Waals surface area (Å²) in [6.45, 7) is 4.05. The third kappa shape index (κ3) is 2.28. The van der Waals surface area contributed by atoms with Gasteiger partial charge in [0.2, 0.25) is 0 Å². The molecule has 1 aromatic heterocycles. The number of aromatic amines is 1. The molecule has 0 amide bonds. The number of fused-ring (bicyclic) bond motifs is 1. The molecular formula is C18H16ClNO2. The van der Waals surface area contributed by atoms with Gasteiger partial charge in [-0.2, -0.15) is 0 Å². The molecule has 0 aliphatic heterocycles. The number of H-pyrrole nitrogens is 1. The maximum absolute atomic E-state index is 11.6. The van der Waals surface area contributed by atoms with E-state index in [9.17, 15) is 4.79 Å². The maximum atomic E-state index is 11.6. The smallest absolute Gasteiger partial charge is 0.152 e. The normalized spacial score (nSPS) is 10.9. The largest absolute Gasteiger partial charge is 0.495 e. The molecule has 112 valence electrons. The highest BCUT2D eigenvalue weighted by atomic mass is 35.5. The Labute approximate surface area is 133 Å². The Bertz CT molecular complexity index is 880. The van der Waals surface area contributed by atoms with Crippen molar-refractivity contribution in [1.82, 2.24) is 4.98 Å². The first kappa shape index (κ1) is 14.7. The SMILES string of the molecule is COc1ccc(-c2[nH]c3cc(C)cc(C)c3c2C=O)cc1Cl. The summed E-state index contributed by atoms with van der Waals surface area (Å²) >= 11 is 6.20. The number of aromatic nitrogens is 1. The molecule has 3 nitrogen and oxygen atoms in total. The summed E-state index contributed by atoms with van der Waals surface area (Å²) in [5, 5.41) is 1.48. The summed E-state index contributed by atoms with van der Waals surface area (Å²) in [5.41, 5.74) is 5.50. The lowest BCUT2D eigenvalue weighted by Gasteiger charge is -2.05. The van der Waals surface area contributed by atoms with E-state index < -0.39 is 0 Å². The Kier molecular flexibility index (Phi) is 3.67. The van der Waals surface area contributed by atoms with Gasteiger partial charge in [-0.1, -0.05) is 17.7 Å². The Morgan fingerprint density at radius 1 is 1.18 bits per heavy atom. The number of ether oxygens (including phenoxy) is 1. The van der Waals surface area contributed by atoms with E-state index in [1.165, 1.54) is 0 Å². The van der Waals surface area contributed by atoms with E-state index in [2.05, 4.69) is 11.1 Å². The molecule has 3 aromatic rings. The summed E-state index contributed by atoms with van der Waals surface area (Å²) in [5.74, 6) is 0.612. The van der Waals surface area contributed by atoms with Crippen molar-refractivity contribution < 1.29 is 9.53 Å². The molecule has 0 bridgehead atoms. The predicted octanol–water partition coefficient (Wildman–Crippen LogP) is 4.93. The quantitative estimate of drug-likeness (QED) is 0.697. The lowest BCUT2D eigenvalue weighted by Crippen LogP contribution is -1.88. The number of nitrogens with one attached hydrogen (secondary N) is 1. The number of halogens is 1. The Morgan fingerprint density at radius 3 is 2.59 bits per heavy atom. The summed E-state index contributed by atoms with van der Waals surface area (Å²) in [7, 11) is 1.58. The van der Waals surface area contributed by atoms with Gasteiger partial charge in [0, 0.05) is 22.0 Å². The van der Waals surface area contributed by atoms with Gasteiger partial charge in [0.1, 0.15) is 5.75 Å².